The fourth-order valence-corrected chi connectivity index (χ4v) is 4.08. The number of hydrogen-bond acceptors (Lipinski definition) is 2. The Bertz CT molecular complexity index is 558. The minimum absolute atomic E-state index is 0.205. The van der Waals surface area contributed by atoms with E-state index in [0.717, 1.165) is 30.7 Å². The fourth-order valence-electron chi connectivity index (χ4n) is 3.00. The minimum atomic E-state index is -3.03. The summed E-state index contributed by atoms with van der Waals surface area (Å²) in [4.78, 5) is 0. The summed E-state index contributed by atoms with van der Waals surface area (Å²) in [5, 5.41) is 0. The summed E-state index contributed by atoms with van der Waals surface area (Å²) < 4.78 is 26.6. The second kappa shape index (κ2) is 6.46. The van der Waals surface area contributed by atoms with Gasteiger partial charge in [-0.25, -0.2) is 8.42 Å². The van der Waals surface area contributed by atoms with Crippen LogP contribution in [0.5, 0.6) is 0 Å². The van der Waals surface area contributed by atoms with Crippen LogP contribution in [0.1, 0.15) is 25.0 Å². The third kappa shape index (κ3) is 3.84. The smallest absolute Gasteiger partial charge is 0.214 e. The summed E-state index contributed by atoms with van der Waals surface area (Å²) in [6.07, 6.45) is 0. The number of likely N-dealkylation sites (N-methyl/N-ethyl adjacent to an activating group) is 1. The quantitative estimate of drug-likeness (QED) is 0.780. The summed E-state index contributed by atoms with van der Waals surface area (Å²) in [5.74, 6) is 0.205. The number of aryl methyl sites for hydroxylation is 1. The molecule has 0 N–H and O–H groups in total. The zero-order valence-electron chi connectivity index (χ0n) is 13.4. The molecule has 0 saturated carbocycles. The highest BCUT2D eigenvalue weighted by Gasteiger charge is 2.35. The summed E-state index contributed by atoms with van der Waals surface area (Å²) in [5.41, 5.74) is 2.62. The monoisotopic (exact) mass is 311 g/mol. The summed E-state index contributed by atoms with van der Waals surface area (Å²) in [6.45, 7) is 11.2. The molecule has 1 aliphatic rings. The summed E-state index contributed by atoms with van der Waals surface area (Å²) >= 11 is 0. The molecule has 1 aliphatic heterocycles. The number of sulfonamides is 1. The standard InChI is InChI=1S/C16H27N2O2S/c1-4-18(14-16-8-6-15(3)7-9-16)12-10-17(11-13-18)21(19,20)5-2/h6-9H,4-5,10-14H2,1-3H3/q+1. The Morgan fingerprint density at radius 2 is 1.67 bits per heavy atom. The van der Waals surface area contributed by atoms with Crippen LogP contribution in [0.25, 0.3) is 0 Å². The molecular weight excluding hydrogens is 284 g/mol. The van der Waals surface area contributed by atoms with Gasteiger partial charge in [-0.15, -0.1) is 0 Å². The largest absolute Gasteiger partial charge is 0.318 e. The van der Waals surface area contributed by atoms with Gasteiger partial charge in [0.15, 0.2) is 0 Å². The van der Waals surface area contributed by atoms with Crippen LogP contribution in [0.2, 0.25) is 0 Å². The van der Waals surface area contributed by atoms with Gasteiger partial charge >= 0.3 is 0 Å². The lowest BCUT2D eigenvalue weighted by atomic mass is 10.1. The van der Waals surface area contributed by atoms with Crippen molar-refractivity contribution in [1.82, 2.24) is 4.31 Å². The molecule has 5 heteroatoms. The molecule has 2 rings (SSSR count). The molecule has 21 heavy (non-hydrogen) atoms. The van der Waals surface area contributed by atoms with E-state index in [0.29, 0.717) is 13.1 Å². The molecule has 1 heterocycles. The molecule has 118 valence electrons. The van der Waals surface area contributed by atoms with Gasteiger partial charge in [-0.05, 0) is 20.8 Å². The SMILES string of the molecule is CC[N+]1(Cc2ccc(C)cc2)CCN(S(=O)(=O)CC)CC1. The predicted octanol–water partition coefficient (Wildman–Crippen LogP) is 2.00. The molecule has 0 spiro atoms. The van der Waals surface area contributed by atoms with Gasteiger partial charge in [0.05, 0.1) is 38.5 Å². The maximum atomic E-state index is 12.0. The van der Waals surface area contributed by atoms with Crippen molar-refractivity contribution in [3.8, 4) is 0 Å². The Kier molecular flexibility index (Phi) is 5.07. The fraction of sp³-hybridized carbons (Fsp3) is 0.625. The van der Waals surface area contributed by atoms with Gasteiger partial charge in [-0.1, -0.05) is 29.8 Å². The number of nitrogens with zero attached hydrogens (tertiary/aromatic N) is 2. The molecule has 0 unspecified atom stereocenters. The highest BCUT2D eigenvalue weighted by Crippen LogP contribution is 2.20. The molecule has 0 aliphatic carbocycles. The number of quaternary nitrogens is 1. The zero-order chi connectivity index (χ0) is 15.5. The maximum absolute atomic E-state index is 12.0. The van der Waals surface area contributed by atoms with E-state index in [1.165, 1.54) is 11.1 Å². The third-order valence-corrected chi connectivity index (χ3v) is 6.60. The first-order chi connectivity index (χ1) is 9.91. The van der Waals surface area contributed by atoms with Crippen LogP contribution < -0.4 is 0 Å². The van der Waals surface area contributed by atoms with Crippen LogP contribution in [-0.2, 0) is 16.6 Å². The van der Waals surface area contributed by atoms with Crippen molar-refractivity contribution in [1.29, 1.82) is 0 Å². The predicted molar refractivity (Wildman–Crippen MR) is 86.5 cm³/mol. The molecule has 1 fully saturated rings. The normalized spacial score (nSPS) is 19.6. The average Bonchev–Trinajstić information content (AvgIpc) is 2.50. The Balaban J connectivity index is 2.06. The van der Waals surface area contributed by atoms with Crippen LogP contribution in [0.15, 0.2) is 24.3 Å². The first-order valence-electron chi connectivity index (χ1n) is 7.79. The molecule has 1 saturated heterocycles. The van der Waals surface area contributed by atoms with Gasteiger partial charge in [-0.2, -0.15) is 4.31 Å². The van der Waals surface area contributed by atoms with E-state index in [1.54, 1.807) is 11.2 Å². The first kappa shape index (κ1) is 16.5. The molecule has 1 aromatic rings. The lowest BCUT2D eigenvalue weighted by Crippen LogP contribution is -2.59. The first-order valence-corrected chi connectivity index (χ1v) is 9.40. The zero-order valence-corrected chi connectivity index (χ0v) is 14.2. The topological polar surface area (TPSA) is 37.4 Å². The van der Waals surface area contributed by atoms with Crippen LogP contribution >= 0.6 is 0 Å². The number of benzene rings is 1. The van der Waals surface area contributed by atoms with Gasteiger partial charge in [0, 0.05) is 5.56 Å². The Morgan fingerprint density at radius 3 is 2.14 bits per heavy atom. The Hall–Kier alpha value is -0.910. The van der Waals surface area contributed by atoms with Crippen molar-refractivity contribution in [3.63, 3.8) is 0 Å². The van der Waals surface area contributed by atoms with Gasteiger partial charge < -0.3 is 4.48 Å². The van der Waals surface area contributed by atoms with Gasteiger partial charge in [-0.3, -0.25) is 0 Å². The number of rotatable bonds is 5. The Labute approximate surface area is 129 Å². The highest BCUT2D eigenvalue weighted by atomic mass is 32.2. The molecule has 0 amide bonds. The lowest BCUT2D eigenvalue weighted by molar-refractivity contribution is -0.942. The van der Waals surface area contributed by atoms with Gasteiger partial charge in [0.25, 0.3) is 0 Å². The summed E-state index contributed by atoms with van der Waals surface area (Å²) in [7, 11) is -3.03. The second-order valence-electron chi connectivity index (χ2n) is 6.05. The highest BCUT2D eigenvalue weighted by molar-refractivity contribution is 7.89. The molecule has 0 atom stereocenters. The van der Waals surface area contributed by atoms with Crippen molar-refractivity contribution < 1.29 is 12.9 Å². The molecule has 0 bridgehead atoms. The average molecular weight is 311 g/mol. The van der Waals surface area contributed by atoms with Crippen molar-refractivity contribution in [2.45, 2.75) is 27.3 Å². The van der Waals surface area contributed by atoms with E-state index >= 15 is 0 Å². The van der Waals surface area contributed by atoms with Crippen molar-refractivity contribution in [2.24, 2.45) is 0 Å². The molecule has 0 radical (unpaired) electrons. The van der Waals surface area contributed by atoms with E-state index in [4.69, 9.17) is 0 Å². The number of hydrogen-bond donors (Lipinski definition) is 0. The van der Waals surface area contributed by atoms with Crippen molar-refractivity contribution in [3.05, 3.63) is 35.4 Å². The third-order valence-electron chi connectivity index (χ3n) is 4.72. The molecule has 1 aromatic carbocycles. The van der Waals surface area contributed by atoms with E-state index in [-0.39, 0.29) is 5.75 Å². The Morgan fingerprint density at radius 1 is 1.10 bits per heavy atom. The van der Waals surface area contributed by atoms with E-state index < -0.39 is 10.0 Å². The molecule has 0 aromatic heterocycles. The second-order valence-corrected chi connectivity index (χ2v) is 8.31. The molecule has 4 nitrogen and oxygen atoms in total. The molecular formula is C16H27N2O2S+. The lowest BCUT2D eigenvalue weighted by Gasteiger charge is -2.44. The minimum Gasteiger partial charge on any atom is -0.318 e. The van der Waals surface area contributed by atoms with Gasteiger partial charge in [0.1, 0.15) is 6.54 Å². The van der Waals surface area contributed by atoms with Gasteiger partial charge in [0.2, 0.25) is 10.0 Å². The van der Waals surface area contributed by atoms with Crippen LogP contribution in [0.3, 0.4) is 0 Å². The number of piperazine rings is 1. The van der Waals surface area contributed by atoms with Crippen LogP contribution in [0, 0.1) is 6.92 Å². The van der Waals surface area contributed by atoms with E-state index in [1.807, 2.05) is 0 Å². The van der Waals surface area contributed by atoms with Crippen molar-refractivity contribution in [2.75, 3.05) is 38.5 Å². The maximum Gasteiger partial charge on any atom is 0.214 e. The van der Waals surface area contributed by atoms with Crippen molar-refractivity contribution >= 4 is 10.0 Å². The van der Waals surface area contributed by atoms with Crippen LogP contribution in [0.4, 0.5) is 0 Å². The summed E-state index contributed by atoms with van der Waals surface area (Å²) in [6, 6.07) is 8.69. The van der Waals surface area contributed by atoms with Crippen LogP contribution in [-0.4, -0.2) is 55.7 Å². The van der Waals surface area contributed by atoms with E-state index in [2.05, 4.69) is 38.1 Å². The van der Waals surface area contributed by atoms with E-state index in [9.17, 15) is 8.42 Å².